The van der Waals surface area contributed by atoms with Crippen molar-refractivity contribution in [2.24, 2.45) is 0 Å². The molecule has 31 heavy (non-hydrogen) atoms. The van der Waals surface area contributed by atoms with Crippen molar-refractivity contribution in [1.82, 2.24) is 9.97 Å². The highest BCUT2D eigenvalue weighted by Gasteiger charge is 2.35. The van der Waals surface area contributed by atoms with Gasteiger partial charge in [0.25, 0.3) is 0 Å². The molecule has 4 rings (SSSR count). The van der Waals surface area contributed by atoms with Crippen LogP contribution in [0.4, 0.5) is 42.0 Å². The summed E-state index contributed by atoms with van der Waals surface area (Å²) in [5, 5.41) is 11.4. The molecule has 1 aliphatic heterocycles. The van der Waals surface area contributed by atoms with Crippen LogP contribution in [0.3, 0.4) is 0 Å². The first-order chi connectivity index (χ1) is 14.8. The molecule has 4 N–H and O–H groups in total. The maximum atomic E-state index is 13.5. The monoisotopic (exact) mass is 428 g/mol. The van der Waals surface area contributed by atoms with Gasteiger partial charge in [-0.3, -0.25) is 4.79 Å². The Balaban J connectivity index is 1.63. The van der Waals surface area contributed by atoms with Crippen molar-refractivity contribution in [2.75, 3.05) is 28.3 Å². The number of carbonyl (C=O) groups excluding carboxylic acids is 1. The molecule has 0 bridgehead atoms. The van der Waals surface area contributed by atoms with Gasteiger partial charge in [0.1, 0.15) is 11.4 Å². The summed E-state index contributed by atoms with van der Waals surface area (Å²) in [5.74, 6) is -0.494. The summed E-state index contributed by atoms with van der Waals surface area (Å²) in [6, 6.07) is 12.5. The van der Waals surface area contributed by atoms with Crippen molar-refractivity contribution in [3.05, 3.63) is 65.4 Å². The first-order valence-corrected chi connectivity index (χ1v) is 9.47. The highest BCUT2D eigenvalue weighted by Crippen LogP contribution is 2.35. The smallest absolute Gasteiger partial charge is 0.388 e. The minimum atomic E-state index is -4.62. The predicted molar refractivity (Wildman–Crippen MR) is 112 cm³/mol. The van der Waals surface area contributed by atoms with Gasteiger partial charge in [0.15, 0.2) is 0 Å². The second kappa shape index (κ2) is 8.13. The molecule has 1 aliphatic rings. The summed E-state index contributed by atoms with van der Waals surface area (Å²) in [5.41, 5.74) is 2.55. The number of fused-ring (bicyclic) bond motifs is 1. The van der Waals surface area contributed by atoms with Gasteiger partial charge in [-0.25, -0.2) is 4.98 Å². The normalized spacial score (nSPS) is 12.8. The van der Waals surface area contributed by atoms with Crippen LogP contribution in [0.5, 0.6) is 0 Å². The van der Waals surface area contributed by atoms with Crippen LogP contribution in [0.1, 0.15) is 16.7 Å². The van der Waals surface area contributed by atoms with Gasteiger partial charge in [-0.15, -0.1) is 0 Å². The quantitative estimate of drug-likeness (QED) is 0.466. The van der Waals surface area contributed by atoms with Crippen molar-refractivity contribution >= 4 is 34.7 Å². The largest absolute Gasteiger partial charge is 0.421 e. The summed E-state index contributed by atoms with van der Waals surface area (Å²) in [4.78, 5) is 19.6. The van der Waals surface area contributed by atoms with E-state index < -0.39 is 11.7 Å². The van der Waals surface area contributed by atoms with Crippen LogP contribution in [-0.2, 0) is 23.9 Å². The van der Waals surface area contributed by atoms with Crippen molar-refractivity contribution < 1.29 is 18.0 Å². The topological polar surface area (TPSA) is 91.0 Å². The fourth-order valence-corrected chi connectivity index (χ4v) is 3.37. The Morgan fingerprint density at radius 2 is 1.87 bits per heavy atom. The average molecular weight is 428 g/mol. The second-order valence-electron chi connectivity index (χ2n) is 6.90. The second-order valence-corrected chi connectivity index (χ2v) is 6.90. The van der Waals surface area contributed by atoms with Gasteiger partial charge in [0.05, 0.1) is 6.42 Å². The van der Waals surface area contributed by atoms with Crippen LogP contribution < -0.4 is 21.3 Å². The Labute approximate surface area is 176 Å². The molecule has 10 heteroatoms. The Hall–Kier alpha value is -3.82. The molecule has 1 amide bonds. The van der Waals surface area contributed by atoms with Gasteiger partial charge in [0, 0.05) is 42.4 Å². The summed E-state index contributed by atoms with van der Waals surface area (Å²) >= 11 is 0. The maximum absolute atomic E-state index is 13.5. The molecule has 0 fully saturated rings. The fraction of sp³-hybridized carbons (Fsp3) is 0.190. The number of benzene rings is 2. The van der Waals surface area contributed by atoms with Crippen LogP contribution in [0.25, 0.3) is 0 Å². The number of hydrogen-bond acceptors (Lipinski definition) is 6. The number of hydrogen-bond donors (Lipinski definition) is 4. The lowest BCUT2D eigenvalue weighted by molar-refractivity contribution is -0.137. The lowest BCUT2D eigenvalue weighted by atomic mass is 10.1. The van der Waals surface area contributed by atoms with E-state index >= 15 is 0 Å². The van der Waals surface area contributed by atoms with E-state index in [1.165, 1.54) is 0 Å². The number of nitrogens with zero attached hydrogens (tertiary/aromatic N) is 2. The molecule has 7 nitrogen and oxygen atoms in total. The number of anilines is 5. The summed E-state index contributed by atoms with van der Waals surface area (Å²) < 4.78 is 40.5. The van der Waals surface area contributed by atoms with Gasteiger partial charge in [0.2, 0.25) is 11.9 Å². The molecule has 0 spiro atoms. The Bertz CT molecular complexity index is 1130. The van der Waals surface area contributed by atoms with Crippen LogP contribution >= 0.6 is 0 Å². The van der Waals surface area contributed by atoms with Crippen molar-refractivity contribution in [3.63, 3.8) is 0 Å². The molecular weight excluding hydrogens is 409 g/mol. The van der Waals surface area contributed by atoms with Crippen LogP contribution in [-0.4, -0.2) is 22.9 Å². The van der Waals surface area contributed by atoms with Crippen LogP contribution in [0, 0.1) is 0 Å². The van der Waals surface area contributed by atoms with Crippen molar-refractivity contribution in [2.45, 2.75) is 19.1 Å². The van der Waals surface area contributed by atoms with E-state index in [4.69, 9.17) is 0 Å². The van der Waals surface area contributed by atoms with Crippen molar-refractivity contribution in [1.29, 1.82) is 0 Å². The SMILES string of the molecule is CNc1ccccc1CNc1nc(Nc2cccc3c2CC(=O)N3)ncc1C(F)(F)F. The van der Waals surface area contributed by atoms with E-state index in [9.17, 15) is 18.0 Å². The van der Waals surface area contributed by atoms with E-state index in [1.54, 1.807) is 31.3 Å². The van der Waals surface area contributed by atoms with Gasteiger partial charge < -0.3 is 21.3 Å². The molecule has 2 aromatic carbocycles. The third kappa shape index (κ3) is 4.37. The highest BCUT2D eigenvalue weighted by atomic mass is 19.4. The number of carbonyl (C=O) groups is 1. The lowest BCUT2D eigenvalue weighted by Crippen LogP contribution is -2.15. The summed E-state index contributed by atoms with van der Waals surface area (Å²) in [6.07, 6.45) is -3.70. The van der Waals surface area contributed by atoms with Crippen LogP contribution in [0.15, 0.2) is 48.7 Å². The molecule has 0 unspecified atom stereocenters. The minimum absolute atomic E-state index is 0.00912. The van der Waals surface area contributed by atoms with Gasteiger partial charge in [-0.1, -0.05) is 24.3 Å². The molecule has 0 saturated heterocycles. The van der Waals surface area contributed by atoms with E-state index in [1.807, 2.05) is 18.2 Å². The number of halogens is 3. The predicted octanol–water partition coefficient (Wildman–Crippen LogP) is 4.39. The van der Waals surface area contributed by atoms with Crippen molar-refractivity contribution in [3.8, 4) is 0 Å². The Morgan fingerprint density at radius 1 is 1.10 bits per heavy atom. The third-order valence-electron chi connectivity index (χ3n) is 4.86. The van der Waals surface area contributed by atoms with Crippen LogP contribution in [0.2, 0.25) is 0 Å². The number of rotatable bonds is 6. The summed E-state index contributed by atoms with van der Waals surface area (Å²) in [7, 11) is 1.74. The number of amides is 1. The molecule has 0 atom stereocenters. The number of nitrogens with one attached hydrogen (secondary N) is 4. The van der Waals surface area contributed by atoms with E-state index in [-0.39, 0.29) is 30.6 Å². The average Bonchev–Trinajstić information content (AvgIpc) is 3.13. The zero-order chi connectivity index (χ0) is 22.0. The number of para-hydroxylation sites is 1. The van der Waals surface area contributed by atoms with Gasteiger partial charge >= 0.3 is 6.18 Å². The summed E-state index contributed by atoms with van der Waals surface area (Å²) in [6.45, 7) is 0.135. The molecule has 0 radical (unpaired) electrons. The first kappa shape index (κ1) is 20.5. The highest BCUT2D eigenvalue weighted by molar-refractivity contribution is 6.01. The molecule has 0 saturated carbocycles. The van der Waals surface area contributed by atoms with E-state index in [2.05, 4.69) is 31.2 Å². The maximum Gasteiger partial charge on any atom is 0.421 e. The molecule has 1 aromatic heterocycles. The lowest BCUT2D eigenvalue weighted by Gasteiger charge is -2.16. The molecule has 3 aromatic rings. The van der Waals surface area contributed by atoms with E-state index in [0.29, 0.717) is 16.9 Å². The molecule has 160 valence electrons. The molecule has 0 aliphatic carbocycles. The minimum Gasteiger partial charge on any atom is -0.388 e. The zero-order valence-electron chi connectivity index (χ0n) is 16.5. The molecule has 2 heterocycles. The zero-order valence-corrected chi connectivity index (χ0v) is 16.5. The fourth-order valence-electron chi connectivity index (χ4n) is 3.37. The number of alkyl halides is 3. The number of aromatic nitrogens is 2. The standard InChI is InChI=1S/C21H19F3N6O/c1-25-15-6-3-2-5-12(15)10-26-19-14(21(22,23)24)11-27-20(30-19)29-17-8-4-7-16-13(17)9-18(31)28-16/h2-8,11,25H,9-10H2,1H3,(H,28,31)(H2,26,27,29,30). The third-order valence-corrected chi connectivity index (χ3v) is 4.86. The molecular formula is C21H19F3N6O. The first-order valence-electron chi connectivity index (χ1n) is 9.47. The van der Waals surface area contributed by atoms with Gasteiger partial charge in [-0.05, 0) is 23.8 Å². The van der Waals surface area contributed by atoms with E-state index in [0.717, 1.165) is 17.4 Å². The Kier molecular flexibility index (Phi) is 5.37. The van der Waals surface area contributed by atoms with Gasteiger partial charge in [-0.2, -0.15) is 18.2 Å². The Morgan fingerprint density at radius 3 is 2.65 bits per heavy atom.